The van der Waals surface area contributed by atoms with Crippen LogP contribution in [0.4, 0.5) is 11.4 Å². The van der Waals surface area contributed by atoms with E-state index in [-0.39, 0.29) is 12.3 Å². The third-order valence-corrected chi connectivity index (χ3v) is 7.69. The smallest absolute Gasteiger partial charge is 0.267 e. The number of ether oxygens (including phenoxy) is 1. The number of nitrogens with zero attached hydrogens (tertiary/aromatic N) is 1. The first kappa shape index (κ1) is 21.7. The summed E-state index contributed by atoms with van der Waals surface area (Å²) in [6.07, 6.45) is -1.03. The molecule has 0 spiro atoms. The second-order valence-corrected chi connectivity index (χ2v) is 10.1. The lowest BCUT2D eigenvalue weighted by Gasteiger charge is -2.34. The minimum atomic E-state index is -3.76. The van der Waals surface area contributed by atoms with E-state index >= 15 is 0 Å². The number of anilines is 2. The molecule has 0 saturated heterocycles. The van der Waals surface area contributed by atoms with Crippen LogP contribution in [-0.4, -0.2) is 27.0 Å². The van der Waals surface area contributed by atoms with Crippen molar-refractivity contribution in [3.8, 4) is 5.75 Å². The van der Waals surface area contributed by atoms with Crippen molar-refractivity contribution >= 4 is 54.8 Å². The molecule has 1 heterocycles. The number of fused-ring (bicyclic) bond motifs is 1. The number of benzene rings is 3. The molecule has 1 aliphatic rings. The first-order chi connectivity index (χ1) is 14.8. The average Bonchev–Trinajstić information content (AvgIpc) is 2.76. The monoisotopic (exact) mass is 520 g/mol. The molecule has 160 valence electrons. The van der Waals surface area contributed by atoms with Gasteiger partial charge in [-0.05, 0) is 51.8 Å². The summed E-state index contributed by atoms with van der Waals surface area (Å²) in [7, 11) is -3.76. The van der Waals surface area contributed by atoms with Crippen molar-refractivity contribution in [2.24, 2.45) is 0 Å². The van der Waals surface area contributed by atoms with Gasteiger partial charge in [0.05, 0.1) is 23.0 Å². The van der Waals surface area contributed by atoms with Gasteiger partial charge in [0.25, 0.3) is 5.91 Å². The predicted molar refractivity (Wildman–Crippen MR) is 125 cm³/mol. The lowest BCUT2D eigenvalue weighted by molar-refractivity contribution is -0.122. The summed E-state index contributed by atoms with van der Waals surface area (Å²) in [4.78, 5) is 12.9. The van der Waals surface area contributed by atoms with E-state index in [0.29, 0.717) is 32.2 Å². The lowest BCUT2D eigenvalue weighted by atomic mass is 10.2. The first-order valence-electron chi connectivity index (χ1n) is 9.39. The number of hydrogen-bond donors (Lipinski definition) is 1. The summed E-state index contributed by atoms with van der Waals surface area (Å²) in [5, 5.41) is 3.19. The molecule has 0 radical (unpaired) electrons. The zero-order chi connectivity index (χ0) is 22.0. The molecule has 0 fully saturated rings. The quantitative estimate of drug-likeness (QED) is 0.521. The van der Waals surface area contributed by atoms with Gasteiger partial charge in [-0.3, -0.25) is 9.10 Å². The molecule has 3 aromatic rings. The molecule has 6 nitrogen and oxygen atoms in total. The summed E-state index contributed by atoms with van der Waals surface area (Å²) >= 11 is 9.40. The molecule has 0 bridgehead atoms. The van der Waals surface area contributed by atoms with Gasteiger partial charge in [0.1, 0.15) is 5.75 Å². The highest BCUT2D eigenvalue weighted by Crippen LogP contribution is 2.36. The SMILES string of the molecule is O=C(Nc1ccc(Br)c(Cl)c1)C1CN(S(=O)(=O)Cc2ccccc2)c2ccccc2O1. The van der Waals surface area contributed by atoms with E-state index in [1.165, 1.54) is 4.31 Å². The number of carbonyl (C=O) groups excluding carboxylic acids is 1. The second kappa shape index (κ2) is 8.90. The van der Waals surface area contributed by atoms with Crippen LogP contribution < -0.4 is 14.4 Å². The molecule has 4 rings (SSSR count). The number of para-hydroxylation sites is 2. The number of rotatable bonds is 5. The highest BCUT2D eigenvalue weighted by molar-refractivity contribution is 9.10. The lowest BCUT2D eigenvalue weighted by Crippen LogP contribution is -2.49. The van der Waals surface area contributed by atoms with Crippen molar-refractivity contribution in [3.05, 3.63) is 87.9 Å². The Hall–Kier alpha value is -2.55. The largest absolute Gasteiger partial charge is 0.476 e. The maximum Gasteiger partial charge on any atom is 0.267 e. The maximum atomic E-state index is 13.2. The molecular weight excluding hydrogens is 504 g/mol. The predicted octanol–water partition coefficient (Wildman–Crippen LogP) is 4.84. The molecule has 3 aromatic carbocycles. The standard InChI is InChI=1S/C22H18BrClN2O4S/c23-17-11-10-16(12-18(17)24)25-22(27)21-13-26(19-8-4-5-9-20(19)30-21)31(28,29)14-15-6-2-1-3-7-15/h1-12,21H,13-14H2,(H,25,27). The Morgan fingerprint density at radius 3 is 2.55 bits per heavy atom. The topological polar surface area (TPSA) is 75.7 Å². The van der Waals surface area contributed by atoms with Gasteiger partial charge in [0, 0.05) is 10.2 Å². The van der Waals surface area contributed by atoms with Crippen LogP contribution in [-0.2, 0) is 20.6 Å². The van der Waals surface area contributed by atoms with Crippen LogP contribution in [0.1, 0.15) is 5.56 Å². The van der Waals surface area contributed by atoms with Crippen LogP contribution in [0.15, 0.2) is 77.3 Å². The van der Waals surface area contributed by atoms with Gasteiger partial charge in [-0.25, -0.2) is 8.42 Å². The molecular formula is C22H18BrClN2O4S. The minimum absolute atomic E-state index is 0.137. The first-order valence-corrected chi connectivity index (χ1v) is 12.2. The molecule has 1 unspecified atom stereocenters. The van der Waals surface area contributed by atoms with E-state index in [4.69, 9.17) is 16.3 Å². The molecule has 0 aliphatic carbocycles. The van der Waals surface area contributed by atoms with Gasteiger partial charge in [0.15, 0.2) is 6.10 Å². The fourth-order valence-electron chi connectivity index (χ4n) is 3.26. The van der Waals surface area contributed by atoms with E-state index in [2.05, 4.69) is 21.2 Å². The van der Waals surface area contributed by atoms with E-state index < -0.39 is 22.0 Å². The van der Waals surface area contributed by atoms with Crippen LogP contribution in [0.25, 0.3) is 0 Å². The number of halogens is 2. The Kier molecular flexibility index (Phi) is 6.22. The van der Waals surface area contributed by atoms with Crippen LogP contribution in [0.2, 0.25) is 5.02 Å². The van der Waals surface area contributed by atoms with Gasteiger partial charge in [-0.1, -0.05) is 54.1 Å². The number of sulfonamides is 1. The van der Waals surface area contributed by atoms with E-state index in [1.807, 2.05) is 6.07 Å². The Morgan fingerprint density at radius 2 is 1.81 bits per heavy atom. The van der Waals surface area contributed by atoms with Crippen LogP contribution in [0, 0.1) is 0 Å². The zero-order valence-corrected chi connectivity index (χ0v) is 19.3. The highest BCUT2D eigenvalue weighted by atomic mass is 79.9. The summed E-state index contributed by atoms with van der Waals surface area (Å²) < 4.78 is 34.3. The number of amides is 1. The molecule has 0 saturated carbocycles. The second-order valence-electron chi connectivity index (χ2n) is 6.97. The van der Waals surface area contributed by atoms with Crippen molar-refractivity contribution < 1.29 is 17.9 Å². The van der Waals surface area contributed by atoms with Crippen molar-refractivity contribution in [1.82, 2.24) is 0 Å². The van der Waals surface area contributed by atoms with Crippen molar-refractivity contribution in [3.63, 3.8) is 0 Å². The third kappa shape index (κ3) is 4.87. The zero-order valence-electron chi connectivity index (χ0n) is 16.2. The Balaban J connectivity index is 1.60. The average molecular weight is 522 g/mol. The minimum Gasteiger partial charge on any atom is -0.476 e. The van der Waals surface area contributed by atoms with Gasteiger partial charge < -0.3 is 10.1 Å². The fourth-order valence-corrected chi connectivity index (χ4v) is 5.27. The molecule has 31 heavy (non-hydrogen) atoms. The Labute approximate surface area is 194 Å². The van der Waals surface area contributed by atoms with E-state index in [1.54, 1.807) is 66.7 Å². The normalized spacial score (nSPS) is 15.7. The van der Waals surface area contributed by atoms with Gasteiger partial charge >= 0.3 is 0 Å². The summed E-state index contributed by atoms with van der Waals surface area (Å²) in [5.74, 6) is -0.314. The molecule has 1 N–H and O–H groups in total. The third-order valence-electron chi connectivity index (χ3n) is 4.74. The van der Waals surface area contributed by atoms with Crippen LogP contribution in [0.3, 0.4) is 0 Å². The molecule has 1 aliphatic heterocycles. The molecule has 9 heteroatoms. The van der Waals surface area contributed by atoms with E-state index in [9.17, 15) is 13.2 Å². The summed E-state index contributed by atoms with van der Waals surface area (Å²) in [6.45, 7) is -0.137. The van der Waals surface area contributed by atoms with E-state index in [0.717, 1.165) is 0 Å². The number of carbonyl (C=O) groups is 1. The van der Waals surface area contributed by atoms with Crippen molar-refractivity contribution in [1.29, 1.82) is 0 Å². The van der Waals surface area contributed by atoms with Crippen molar-refractivity contribution in [2.45, 2.75) is 11.9 Å². The molecule has 1 amide bonds. The Morgan fingerprint density at radius 1 is 1.10 bits per heavy atom. The maximum absolute atomic E-state index is 13.2. The highest BCUT2D eigenvalue weighted by Gasteiger charge is 2.36. The van der Waals surface area contributed by atoms with Crippen LogP contribution in [0.5, 0.6) is 5.75 Å². The van der Waals surface area contributed by atoms with Gasteiger partial charge in [0.2, 0.25) is 10.0 Å². The fraction of sp³-hybridized carbons (Fsp3) is 0.136. The number of hydrogen-bond acceptors (Lipinski definition) is 4. The Bertz CT molecular complexity index is 1220. The van der Waals surface area contributed by atoms with Gasteiger partial charge in [-0.2, -0.15) is 0 Å². The van der Waals surface area contributed by atoms with Gasteiger partial charge in [-0.15, -0.1) is 0 Å². The summed E-state index contributed by atoms with van der Waals surface area (Å²) in [5.41, 5.74) is 1.56. The molecule has 0 aromatic heterocycles. The number of nitrogens with one attached hydrogen (secondary N) is 1. The molecule has 1 atom stereocenters. The summed E-state index contributed by atoms with van der Waals surface area (Å²) in [6, 6.07) is 20.7. The van der Waals surface area contributed by atoms with Crippen LogP contribution >= 0.6 is 27.5 Å². The van der Waals surface area contributed by atoms with Crippen molar-refractivity contribution in [2.75, 3.05) is 16.2 Å².